The van der Waals surface area contributed by atoms with Crippen molar-refractivity contribution < 1.29 is 14.3 Å². The maximum absolute atomic E-state index is 12.3. The van der Waals surface area contributed by atoms with E-state index in [1.807, 2.05) is 57.2 Å². The first kappa shape index (κ1) is 16.9. The lowest BCUT2D eigenvalue weighted by Crippen LogP contribution is -2.30. The molecular formula is C19H23NO3. The quantitative estimate of drug-likeness (QED) is 0.873. The number of hydrogen-bond acceptors (Lipinski definition) is 3. The summed E-state index contributed by atoms with van der Waals surface area (Å²) < 4.78 is 11.2. The highest BCUT2D eigenvalue weighted by molar-refractivity contribution is 5.94. The van der Waals surface area contributed by atoms with E-state index in [-0.39, 0.29) is 5.91 Å². The van der Waals surface area contributed by atoms with Crippen LogP contribution in [0.4, 0.5) is 5.69 Å². The average Bonchev–Trinajstić information content (AvgIpc) is 2.50. The maximum atomic E-state index is 12.3. The molecule has 0 aliphatic carbocycles. The van der Waals surface area contributed by atoms with Crippen LogP contribution in [0.5, 0.6) is 11.5 Å². The van der Waals surface area contributed by atoms with Gasteiger partial charge in [0.05, 0.1) is 6.61 Å². The van der Waals surface area contributed by atoms with Crippen LogP contribution in [0.2, 0.25) is 0 Å². The molecule has 0 aromatic heterocycles. The molecule has 0 radical (unpaired) electrons. The Morgan fingerprint density at radius 2 is 1.96 bits per heavy atom. The van der Waals surface area contributed by atoms with Gasteiger partial charge in [0.1, 0.15) is 11.5 Å². The highest BCUT2D eigenvalue weighted by atomic mass is 16.5. The molecule has 0 aliphatic heterocycles. The Hall–Kier alpha value is -2.49. The Morgan fingerprint density at radius 1 is 1.17 bits per heavy atom. The van der Waals surface area contributed by atoms with E-state index < -0.39 is 6.10 Å². The second-order valence-corrected chi connectivity index (χ2v) is 5.48. The van der Waals surface area contributed by atoms with Gasteiger partial charge in [0.15, 0.2) is 6.10 Å². The zero-order valence-corrected chi connectivity index (χ0v) is 14.1. The predicted octanol–water partition coefficient (Wildman–Crippen LogP) is 4.11. The van der Waals surface area contributed by atoms with E-state index in [0.717, 1.165) is 17.1 Å². The van der Waals surface area contributed by atoms with E-state index in [4.69, 9.17) is 9.47 Å². The Kier molecular flexibility index (Phi) is 5.63. The number of carbonyl (C=O) groups is 1. The van der Waals surface area contributed by atoms with Gasteiger partial charge in [0.2, 0.25) is 0 Å². The highest BCUT2D eigenvalue weighted by Crippen LogP contribution is 2.21. The monoisotopic (exact) mass is 313 g/mol. The van der Waals surface area contributed by atoms with Gasteiger partial charge in [-0.3, -0.25) is 4.79 Å². The van der Waals surface area contributed by atoms with Crippen LogP contribution >= 0.6 is 0 Å². The average molecular weight is 313 g/mol. The van der Waals surface area contributed by atoms with Gasteiger partial charge in [-0.15, -0.1) is 0 Å². The van der Waals surface area contributed by atoms with E-state index in [1.165, 1.54) is 5.56 Å². The van der Waals surface area contributed by atoms with Crippen molar-refractivity contribution in [3.63, 3.8) is 0 Å². The number of anilines is 1. The lowest BCUT2D eigenvalue weighted by Gasteiger charge is -2.17. The highest BCUT2D eigenvalue weighted by Gasteiger charge is 2.16. The van der Waals surface area contributed by atoms with Gasteiger partial charge in [0.25, 0.3) is 5.91 Å². The molecule has 4 nitrogen and oxygen atoms in total. The first-order valence-electron chi connectivity index (χ1n) is 7.77. The van der Waals surface area contributed by atoms with Gasteiger partial charge in [-0.2, -0.15) is 0 Å². The van der Waals surface area contributed by atoms with E-state index in [1.54, 1.807) is 13.0 Å². The topological polar surface area (TPSA) is 47.6 Å². The Morgan fingerprint density at radius 3 is 2.65 bits per heavy atom. The lowest BCUT2D eigenvalue weighted by molar-refractivity contribution is -0.122. The van der Waals surface area contributed by atoms with Gasteiger partial charge in [-0.05, 0) is 51.5 Å². The van der Waals surface area contributed by atoms with Crippen LogP contribution in [0.1, 0.15) is 25.0 Å². The maximum Gasteiger partial charge on any atom is 0.265 e. The minimum absolute atomic E-state index is 0.196. The van der Waals surface area contributed by atoms with Crippen LogP contribution in [0, 0.1) is 13.8 Å². The summed E-state index contributed by atoms with van der Waals surface area (Å²) in [5.74, 6) is 1.26. The third-order valence-corrected chi connectivity index (χ3v) is 3.42. The molecule has 0 aliphatic rings. The molecule has 2 aromatic carbocycles. The molecule has 122 valence electrons. The summed E-state index contributed by atoms with van der Waals surface area (Å²) in [6.07, 6.45) is -0.591. The number of rotatable bonds is 6. The van der Waals surface area contributed by atoms with Crippen LogP contribution in [-0.4, -0.2) is 18.6 Å². The molecule has 2 aromatic rings. The van der Waals surface area contributed by atoms with E-state index >= 15 is 0 Å². The van der Waals surface area contributed by atoms with Gasteiger partial charge >= 0.3 is 0 Å². The third kappa shape index (κ3) is 4.74. The van der Waals surface area contributed by atoms with E-state index in [2.05, 4.69) is 5.32 Å². The van der Waals surface area contributed by atoms with E-state index in [0.29, 0.717) is 12.3 Å². The van der Waals surface area contributed by atoms with Crippen molar-refractivity contribution in [3.8, 4) is 11.5 Å². The van der Waals surface area contributed by atoms with Crippen molar-refractivity contribution in [2.75, 3.05) is 11.9 Å². The number of amides is 1. The van der Waals surface area contributed by atoms with Gasteiger partial charge < -0.3 is 14.8 Å². The zero-order chi connectivity index (χ0) is 16.8. The Labute approximate surface area is 137 Å². The number of aryl methyl sites for hydroxylation is 2. The molecule has 0 heterocycles. The fraction of sp³-hybridized carbons (Fsp3) is 0.316. The Balaban J connectivity index is 2.01. The second kappa shape index (κ2) is 7.68. The SMILES string of the molecule is CCOc1cccc(NC(=O)C(C)Oc2ccc(C)cc2C)c1. The summed E-state index contributed by atoms with van der Waals surface area (Å²) in [6, 6.07) is 13.2. The summed E-state index contributed by atoms with van der Waals surface area (Å²) in [6.45, 7) is 8.24. The zero-order valence-electron chi connectivity index (χ0n) is 14.1. The van der Waals surface area contributed by atoms with Crippen molar-refractivity contribution >= 4 is 11.6 Å². The summed E-state index contributed by atoms with van der Waals surface area (Å²) in [7, 11) is 0. The standard InChI is InChI=1S/C19H23NO3/c1-5-22-17-8-6-7-16(12-17)20-19(21)15(4)23-18-10-9-13(2)11-14(18)3/h6-12,15H,5H2,1-4H3,(H,20,21). The minimum atomic E-state index is -0.591. The molecule has 0 bridgehead atoms. The number of carbonyl (C=O) groups excluding carboxylic acids is 1. The molecule has 0 fully saturated rings. The summed E-state index contributed by atoms with van der Waals surface area (Å²) in [5.41, 5.74) is 2.87. The van der Waals surface area contributed by atoms with Crippen molar-refractivity contribution in [2.24, 2.45) is 0 Å². The molecule has 1 atom stereocenters. The molecule has 1 unspecified atom stereocenters. The molecule has 2 rings (SSSR count). The minimum Gasteiger partial charge on any atom is -0.494 e. The number of ether oxygens (including phenoxy) is 2. The van der Waals surface area contributed by atoms with Crippen molar-refractivity contribution in [1.29, 1.82) is 0 Å². The lowest BCUT2D eigenvalue weighted by atomic mass is 10.1. The smallest absolute Gasteiger partial charge is 0.265 e. The van der Waals surface area contributed by atoms with Crippen molar-refractivity contribution in [2.45, 2.75) is 33.8 Å². The second-order valence-electron chi connectivity index (χ2n) is 5.48. The summed E-state index contributed by atoms with van der Waals surface area (Å²) >= 11 is 0. The Bertz CT molecular complexity index is 682. The third-order valence-electron chi connectivity index (χ3n) is 3.42. The van der Waals surface area contributed by atoms with Gasteiger partial charge in [-0.25, -0.2) is 0 Å². The van der Waals surface area contributed by atoms with Crippen LogP contribution < -0.4 is 14.8 Å². The molecule has 4 heteroatoms. The number of benzene rings is 2. The molecule has 0 saturated heterocycles. The first-order chi connectivity index (χ1) is 11.0. The molecule has 23 heavy (non-hydrogen) atoms. The van der Waals surface area contributed by atoms with Crippen LogP contribution in [0.25, 0.3) is 0 Å². The van der Waals surface area contributed by atoms with Crippen LogP contribution in [-0.2, 0) is 4.79 Å². The molecule has 0 saturated carbocycles. The number of hydrogen-bond donors (Lipinski definition) is 1. The predicted molar refractivity (Wildman–Crippen MR) is 92.2 cm³/mol. The summed E-state index contributed by atoms with van der Waals surface area (Å²) in [5, 5.41) is 2.85. The largest absolute Gasteiger partial charge is 0.494 e. The molecule has 1 amide bonds. The number of nitrogens with one attached hydrogen (secondary N) is 1. The van der Waals surface area contributed by atoms with Crippen LogP contribution in [0.3, 0.4) is 0 Å². The van der Waals surface area contributed by atoms with Gasteiger partial charge in [0, 0.05) is 11.8 Å². The van der Waals surface area contributed by atoms with Crippen molar-refractivity contribution in [3.05, 3.63) is 53.6 Å². The fourth-order valence-electron chi connectivity index (χ4n) is 2.25. The van der Waals surface area contributed by atoms with Gasteiger partial charge in [-0.1, -0.05) is 23.8 Å². The first-order valence-corrected chi connectivity index (χ1v) is 7.77. The van der Waals surface area contributed by atoms with Crippen LogP contribution in [0.15, 0.2) is 42.5 Å². The molecule has 1 N–H and O–H groups in total. The summed E-state index contributed by atoms with van der Waals surface area (Å²) in [4.78, 5) is 12.3. The fourth-order valence-corrected chi connectivity index (χ4v) is 2.25. The molecule has 0 spiro atoms. The van der Waals surface area contributed by atoms with Crippen molar-refractivity contribution in [1.82, 2.24) is 0 Å². The normalized spacial score (nSPS) is 11.7. The molecular weight excluding hydrogens is 290 g/mol. The van der Waals surface area contributed by atoms with E-state index in [9.17, 15) is 4.79 Å².